The molecule has 10 nitrogen and oxygen atoms in total. The molecule has 0 aliphatic heterocycles. The lowest BCUT2D eigenvalue weighted by Gasteiger charge is -2.05. The van der Waals surface area contributed by atoms with E-state index in [0.29, 0.717) is 0 Å². The zero-order valence-corrected chi connectivity index (χ0v) is 19.4. The molecule has 0 aliphatic rings. The summed E-state index contributed by atoms with van der Waals surface area (Å²) < 4.78 is 0.851. The molecule has 0 saturated heterocycles. The summed E-state index contributed by atoms with van der Waals surface area (Å²) in [5.74, 6) is -2.86. The van der Waals surface area contributed by atoms with Crippen LogP contribution in [0.3, 0.4) is 0 Å². The van der Waals surface area contributed by atoms with Crippen molar-refractivity contribution in [2.45, 2.75) is 9.79 Å². The molecule has 12 heteroatoms. The van der Waals surface area contributed by atoms with Gasteiger partial charge in [0.15, 0.2) is 0 Å². The average Bonchev–Trinajstić information content (AvgIpc) is 2.79. The average molecular weight is 505 g/mol. The molecular weight excluding hydrogens is 484 g/mol. The number of hydrogen-bond donors (Lipinski definition) is 4. The summed E-state index contributed by atoms with van der Waals surface area (Å²) in [6.07, 6.45) is 0. The van der Waals surface area contributed by atoms with E-state index in [0.717, 1.165) is 31.6 Å². The van der Waals surface area contributed by atoms with E-state index in [4.69, 9.17) is 15.3 Å². The first-order chi connectivity index (χ1) is 16.1. The van der Waals surface area contributed by atoms with Crippen LogP contribution in [0.5, 0.6) is 0 Å². The van der Waals surface area contributed by atoms with Gasteiger partial charge in [0.1, 0.15) is 5.69 Å². The zero-order valence-electron chi connectivity index (χ0n) is 17.8. The van der Waals surface area contributed by atoms with Gasteiger partial charge in [-0.15, -0.1) is 23.5 Å². The Morgan fingerprint density at radius 3 is 1.56 bits per heavy atom. The normalized spacial score (nSPS) is 10.1. The van der Waals surface area contributed by atoms with Gasteiger partial charge >= 0.3 is 23.6 Å². The second kappa shape index (κ2) is 12.5. The van der Waals surface area contributed by atoms with Gasteiger partial charge in [-0.3, -0.25) is 23.9 Å². The molecule has 3 aromatic rings. The number of thioether (sulfide) groups is 2. The third-order valence-corrected chi connectivity index (χ3v) is 6.14. The van der Waals surface area contributed by atoms with Crippen LogP contribution in [0.15, 0.2) is 74.0 Å². The summed E-state index contributed by atoms with van der Waals surface area (Å²) >= 11 is 2.57. The number of aromatic amines is 1. The van der Waals surface area contributed by atoms with Crippen LogP contribution in [0.25, 0.3) is 11.1 Å². The Labute approximate surface area is 201 Å². The summed E-state index contributed by atoms with van der Waals surface area (Å²) in [5.41, 5.74) is 0.295. The van der Waals surface area contributed by atoms with Crippen LogP contribution in [0.1, 0.15) is 10.5 Å². The van der Waals surface area contributed by atoms with Gasteiger partial charge in [0.25, 0.3) is 5.56 Å². The molecule has 34 heavy (non-hydrogen) atoms. The molecule has 4 N–H and O–H groups in total. The van der Waals surface area contributed by atoms with E-state index in [-0.39, 0.29) is 17.2 Å². The molecule has 0 unspecified atom stereocenters. The van der Waals surface area contributed by atoms with Crippen LogP contribution >= 0.6 is 23.5 Å². The second-order valence-electron chi connectivity index (χ2n) is 6.60. The molecule has 0 saturated carbocycles. The van der Waals surface area contributed by atoms with Crippen LogP contribution in [0, 0.1) is 0 Å². The summed E-state index contributed by atoms with van der Waals surface area (Å²) in [6, 6.07) is 16.2. The minimum Gasteiger partial charge on any atom is -0.481 e. The number of hydrogen-bond acceptors (Lipinski definition) is 7. The highest BCUT2D eigenvalue weighted by Gasteiger charge is 2.08. The van der Waals surface area contributed by atoms with Crippen molar-refractivity contribution in [3.8, 4) is 11.1 Å². The number of carboxylic acids is 3. The van der Waals surface area contributed by atoms with E-state index in [9.17, 15) is 24.0 Å². The Morgan fingerprint density at radius 2 is 1.21 bits per heavy atom. The number of aromatic nitrogens is 2. The molecule has 0 radical (unpaired) electrons. The van der Waals surface area contributed by atoms with Crippen molar-refractivity contribution < 1.29 is 29.7 Å². The summed E-state index contributed by atoms with van der Waals surface area (Å²) in [5, 5.41) is 25.8. The molecule has 0 bridgehead atoms. The summed E-state index contributed by atoms with van der Waals surface area (Å²) in [4.78, 5) is 56.7. The monoisotopic (exact) mass is 504 g/mol. The topological polar surface area (TPSA) is 167 Å². The van der Waals surface area contributed by atoms with Crippen molar-refractivity contribution in [2.24, 2.45) is 7.05 Å². The molecule has 3 rings (SSSR count). The molecule has 1 heterocycles. The number of carboxylic acid groups (broad SMARTS) is 3. The first kappa shape index (κ1) is 26.5. The molecule has 0 atom stereocenters. The number of aromatic carboxylic acids is 1. The Morgan fingerprint density at radius 1 is 0.794 bits per heavy atom. The Hall–Kier alpha value is -3.77. The fraction of sp³-hybridized carbons (Fsp3) is 0.136. The first-order valence-corrected chi connectivity index (χ1v) is 11.5. The van der Waals surface area contributed by atoms with Crippen LogP contribution in [-0.2, 0) is 16.6 Å². The molecule has 0 aliphatic carbocycles. The molecule has 0 amide bonds. The smallest absolute Gasteiger partial charge is 0.352 e. The van der Waals surface area contributed by atoms with Crippen molar-refractivity contribution in [1.29, 1.82) is 0 Å². The van der Waals surface area contributed by atoms with Gasteiger partial charge in [-0.25, -0.2) is 9.59 Å². The lowest BCUT2D eigenvalue weighted by atomic mass is 10.1. The van der Waals surface area contributed by atoms with Gasteiger partial charge in [-0.2, -0.15) is 0 Å². The van der Waals surface area contributed by atoms with Crippen molar-refractivity contribution in [2.75, 3.05) is 11.5 Å². The SMILES string of the molecule is Cn1c(C(=O)O)cc(=O)[nH]c1=O.O=C(O)CSc1ccc(-c2ccc(SCC(=O)O)cc2)cc1. The number of nitrogens with one attached hydrogen (secondary N) is 1. The number of benzene rings is 2. The predicted molar refractivity (Wildman–Crippen MR) is 128 cm³/mol. The van der Waals surface area contributed by atoms with Gasteiger partial charge in [-0.1, -0.05) is 24.3 Å². The number of H-pyrrole nitrogens is 1. The number of carbonyl (C=O) groups is 3. The lowest BCUT2D eigenvalue weighted by Crippen LogP contribution is -2.31. The fourth-order valence-electron chi connectivity index (χ4n) is 2.54. The molecule has 178 valence electrons. The van der Waals surface area contributed by atoms with Crippen molar-refractivity contribution in [1.82, 2.24) is 9.55 Å². The van der Waals surface area contributed by atoms with Gasteiger partial charge in [0.2, 0.25) is 0 Å². The maximum absolute atomic E-state index is 10.8. The van der Waals surface area contributed by atoms with E-state index in [2.05, 4.69) is 0 Å². The fourth-order valence-corrected chi connectivity index (χ4v) is 3.78. The van der Waals surface area contributed by atoms with Crippen molar-refractivity contribution >= 4 is 41.4 Å². The molecular formula is C22H20N2O8S2. The van der Waals surface area contributed by atoms with E-state index in [1.165, 1.54) is 30.6 Å². The van der Waals surface area contributed by atoms with Crippen molar-refractivity contribution in [3.63, 3.8) is 0 Å². The quantitative estimate of drug-likeness (QED) is 0.335. The van der Waals surface area contributed by atoms with E-state index < -0.39 is 29.2 Å². The Balaban J connectivity index is 0.000000287. The summed E-state index contributed by atoms with van der Waals surface area (Å²) in [7, 11) is 1.27. The largest absolute Gasteiger partial charge is 0.481 e. The third-order valence-electron chi connectivity index (χ3n) is 4.15. The van der Waals surface area contributed by atoms with Crippen molar-refractivity contribution in [3.05, 3.63) is 81.1 Å². The lowest BCUT2D eigenvalue weighted by molar-refractivity contribution is -0.134. The molecule has 0 fully saturated rings. The number of rotatable bonds is 8. The van der Waals surface area contributed by atoms with Crippen LogP contribution in [0.2, 0.25) is 0 Å². The van der Waals surface area contributed by atoms with Crippen LogP contribution in [0.4, 0.5) is 0 Å². The predicted octanol–water partition coefficient (Wildman–Crippen LogP) is 2.48. The van der Waals surface area contributed by atoms with E-state index in [1.807, 2.05) is 53.5 Å². The number of aliphatic carboxylic acids is 2. The van der Waals surface area contributed by atoms with Gasteiger partial charge < -0.3 is 15.3 Å². The zero-order chi connectivity index (χ0) is 25.3. The van der Waals surface area contributed by atoms with Gasteiger partial charge in [0, 0.05) is 22.9 Å². The highest BCUT2D eigenvalue weighted by atomic mass is 32.2. The number of nitrogens with zero attached hydrogens (tertiary/aromatic N) is 1. The third kappa shape index (κ3) is 8.30. The maximum atomic E-state index is 10.8. The van der Waals surface area contributed by atoms with E-state index >= 15 is 0 Å². The second-order valence-corrected chi connectivity index (χ2v) is 8.70. The standard InChI is InChI=1S/C16H14O4S2.C6H6N2O4/c17-15(18)9-21-13-5-1-11(2-6-13)12-3-7-14(8-4-12)22-10-16(19)20;1-8-3(5(10)11)2-4(9)7-6(8)12/h1-8H,9-10H2,(H,17,18)(H,19,20);2H,1H3,(H,10,11)(H,7,9,12). The highest BCUT2D eigenvalue weighted by Crippen LogP contribution is 2.26. The van der Waals surface area contributed by atoms with Gasteiger partial charge in [-0.05, 0) is 35.4 Å². The van der Waals surface area contributed by atoms with Crippen LogP contribution in [-0.4, -0.2) is 54.3 Å². The Kier molecular flexibility index (Phi) is 9.71. The molecule has 0 spiro atoms. The summed E-state index contributed by atoms with van der Waals surface area (Å²) in [6.45, 7) is 0. The molecule has 1 aromatic heterocycles. The van der Waals surface area contributed by atoms with Gasteiger partial charge in [0.05, 0.1) is 11.5 Å². The highest BCUT2D eigenvalue weighted by molar-refractivity contribution is 8.00. The molecule has 2 aromatic carbocycles. The first-order valence-electron chi connectivity index (χ1n) is 9.50. The Bertz CT molecular complexity index is 1220. The van der Waals surface area contributed by atoms with Crippen LogP contribution < -0.4 is 11.2 Å². The minimum atomic E-state index is -1.30. The van der Waals surface area contributed by atoms with E-state index in [1.54, 1.807) is 0 Å². The maximum Gasteiger partial charge on any atom is 0.352 e. The minimum absolute atomic E-state index is 0.0504.